The molecule has 9 heteroatoms. The fourth-order valence-electron chi connectivity index (χ4n) is 3.69. The zero-order valence-electron chi connectivity index (χ0n) is 14.7. The van der Waals surface area contributed by atoms with Gasteiger partial charge in [0, 0.05) is 31.2 Å². The van der Waals surface area contributed by atoms with E-state index in [0.29, 0.717) is 31.5 Å². The Hall–Kier alpha value is -2.32. The predicted octanol–water partition coefficient (Wildman–Crippen LogP) is 2.65. The third kappa shape index (κ3) is 3.86. The van der Waals surface area contributed by atoms with Crippen LogP contribution < -0.4 is 10.2 Å². The van der Waals surface area contributed by atoms with Crippen LogP contribution in [0.1, 0.15) is 29.9 Å². The van der Waals surface area contributed by atoms with Crippen molar-refractivity contribution in [1.82, 2.24) is 5.32 Å². The molecule has 5 nitrogen and oxygen atoms in total. The van der Waals surface area contributed by atoms with Crippen molar-refractivity contribution >= 4 is 17.6 Å². The molecule has 2 saturated heterocycles. The Kier molecular flexibility index (Phi) is 5.30. The van der Waals surface area contributed by atoms with Gasteiger partial charge in [-0.15, -0.1) is 0 Å². The van der Waals surface area contributed by atoms with Gasteiger partial charge in [0.2, 0.25) is 0 Å². The van der Waals surface area contributed by atoms with Gasteiger partial charge in [0.05, 0.1) is 18.6 Å². The second-order valence-corrected chi connectivity index (χ2v) is 6.81. The Morgan fingerprint density at radius 2 is 1.93 bits per heavy atom. The molecule has 0 saturated carbocycles. The van der Waals surface area contributed by atoms with Crippen molar-refractivity contribution in [2.45, 2.75) is 31.1 Å². The summed E-state index contributed by atoms with van der Waals surface area (Å²) in [7, 11) is 1.30. The van der Waals surface area contributed by atoms with Gasteiger partial charge in [-0.05, 0) is 30.5 Å². The molecule has 1 amide bonds. The Labute approximate surface area is 153 Å². The largest absolute Gasteiger partial charge is 0.469 e. The lowest BCUT2D eigenvalue weighted by Gasteiger charge is -2.35. The first-order valence-electron chi connectivity index (χ1n) is 8.68. The maximum Gasteiger partial charge on any atom is 0.416 e. The minimum atomic E-state index is -4.53. The molecule has 2 aliphatic heterocycles. The summed E-state index contributed by atoms with van der Waals surface area (Å²) >= 11 is 0. The highest BCUT2D eigenvalue weighted by molar-refractivity contribution is 5.85. The monoisotopic (exact) mass is 388 g/mol. The Balaban J connectivity index is 1.92. The van der Waals surface area contributed by atoms with Crippen molar-refractivity contribution in [3.8, 4) is 0 Å². The molecule has 148 valence electrons. The molecular weight excluding hydrogens is 368 g/mol. The Bertz CT molecular complexity index is 730. The van der Waals surface area contributed by atoms with Crippen molar-refractivity contribution in [1.29, 1.82) is 0 Å². The molecule has 0 radical (unpaired) electrons. The van der Waals surface area contributed by atoms with Crippen LogP contribution in [0.25, 0.3) is 0 Å². The standard InChI is InChI=1S/C18H20F4N2O3/c1-27-17(26)10-4-6-24(7-5-10)14-8-11(18(20,21)22)2-3-12(14)13-9-23-16(25)15(13)19/h2-3,8,10,13,15H,4-7,9H2,1H3,(H,23,25)/t13-,15+/m1/s1. The summed E-state index contributed by atoms with van der Waals surface area (Å²) in [6, 6.07) is 3.17. The van der Waals surface area contributed by atoms with Gasteiger partial charge in [-0.2, -0.15) is 13.2 Å². The average Bonchev–Trinajstić information content (AvgIpc) is 2.99. The number of hydrogen-bond donors (Lipinski definition) is 1. The number of anilines is 1. The van der Waals surface area contributed by atoms with Gasteiger partial charge >= 0.3 is 12.1 Å². The maximum atomic E-state index is 14.2. The summed E-state index contributed by atoms with van der Waals surface area (Å²) in [5.74, 6) is -2.24. The number of nitrogens with one attached hydrogen (secondary N) is 1. The number of esters is 1. The Morgan fingerprint density at radius 3 is 2.44 bits per heavy atom. The molecule has 2 aliphatic rings. The van der Waals surface area contributed by atoms with E-state index >= 15 is 0 Å². The summed E-state index contributed by atoms with van der Waals surface area (Å²) in [6.45, 7) is 0.731. The summed E-state index contributed by atoms with van der Waals surface area (Å²) in [5, 5.41) is 2.41. The minimum absolute atomic E-state index is 0.0387. The number of nitrogens with zero attached hydrogens (tertiary/aromatic N) is 1. The molecule has 2 atom stereocenters. The number of halogens is 4. The average molecular weight is 388 g/mol. The number of carbonyl (C=O) groups excluding carboxylic acids is 2. The highest BCUT2D eigenvalue weighted by Gasteiger charge is 2.39. The van der Waals surface area contributed by atoms with Crippen LogP contribution in [0.4, 0.5) is 23.2 Å². The summed E-state index contributed by atoms with van der Waals surface area (Å²) in [4.78, 5) is 24.9. The SMILES string of the molecule is COC(=O)C1CCN(c2cc(C(F)(F)F)ccc2[C@H]2CNC(=O)[C@H]2F)CC1. The summed E-state index contributed by atoms with van der Waals surface area (Å²) in [6.07, 6.45) is -5.46. The van der Waals surface area contributed by atoms with Gasteiger partial charge in [-0.3, -0.25) is 9.59 Å². The van der Waals surface area contributed by atoms with E-state index in [9.17, 15) is 27.2 Å². The molecule has 2 heterocycles. The second kappa shape index (κ2) is 7.36. The van der Waals surface area contributed by atoms with E-state index in [1.807, 2.05) is 0 Å². The van der Waals surface area contributed by atoms with E-state index < -0.39 is 29.7 Å². The fourth-order valence-corrected chi connectivity index (χ4v) is 3.69. The van der Waals surface area contributed by atoms with Crippen molar-refractivity contribution in [2.24, 2.45) is 5.92 Å². The Morgan fingerprint density at radius 1 is 1.26 bits per heavy atom. The third-order valence-corrected chi connectivity index (χ3v) is 5.23. The molecule has 0 unspecified atom stereocenters. The first-order chi connectivity index (χ1) is 12.7. The molecule has 2 fully saturated rings. The second-order valence-electron chi connectivity index (χ2n) is 6.81. The maximum absolute atomic E-state index is 14.2. The van der Waals surface area contributed by atoms with Gasteiger partial charge in [0.25, 0.3) is 5.91 Å². The molecule has 1 aromatic rings. The molecule has 1 aromatic carbocycles. The van der Waals surface area contributed by atoms with Crippen LogP contribution in [-0.4, -0.2) is 44.8 Å². The number of piperidine rings is 1. The molecule has 27 heavy (non-hydrogen) atoms. The molecule has 0 aromatic heterocycles. The zero-order valence-corrected chi connectivity index (χ0v) is 14.7. The molecule has 0 aliphatic carbocycles. The quantitative estimate of drug-likeness (QED) is 0.639. The predicted molar refractivity (Wildman–Crippen MR) is 89.0 cm³/mol. The van der Waals surface area contributed by atoms with Gasteiger partial charge in [0.15, 0.2) is 6.17 Å². The number of alkyl halides is 4. The van der Waals surface area contributed by atoms with Crippen LogP contribution >= 0.6 is 0 Å². The van der Waals surface area contributed by atoms with Crippen LogP contribution in [0.5, 0.6) is 0 Å². The van der Waals surface area contributed by atoms with Crippen molar-refractivity contribution in [3.63, 3.8) is 0 Å². The van der Waals surface area contributed by atoms with Crippen LogP contribution in [0.15, 0.2) is 18.2 Å². The van der Waals surface area contributed by atoms with E-state index in [2.05, 4.69) is 5.32 Å². The van der Waals surface area contributed by atoms with E-state index in [-0.39, 0.29) is 24.1 Å². The highest BCUT2D eigenvalue weighted by atomic mass is 19.4. The smallest absolute Gasteiger partial charge is 0.416 e. The van der Waals surface area contributed by atoms with E-state index in [4.69, 9.17) is 4.74 Å². The van der Waals surface area contributed by atoms with E-state index in [1.165, 1.54) is 13.2 Å². The third-order valence-electron chi connectivity index (χ3n) is 5.23. The lowest BCUT2D eigenvalue weighted by atomic mass is 9.91. The van der Waals surface area contributed by atoms with Gasteiger partial charge in [0.1, 0.15) is 0 Å². The van der Waals surface area contributed by atoms with Crippen LogP contribution in [-0.2, 0) is 20.5 Å². The summed E-state index contributed by atoms with van der Waals surface area (Å²) < 4.78 is 58.5. The van der Waals surface area contributed by atoms with Crippen LogP contribution in [0.2, 0.25) is 0 Å². The minimum Gasteiger partial charge on any atom is -0.469 e. The zero-order chi connectivity index (χ0) is 19.8. The summed E-state index contributed by atoms with van der Waals surface area (Å²) in [5.41, 5.74) is -0.202. The van der Waals surface area contributed by atoms with E-state index in [0.717, 1.165) is 12.1 Å². The first kappa shape index (κ1) is 19.4. The van der Waals surface area contributed by atoms with Crippen molar-refractivity contribution in [3.05, 3.63) is 29.3 Å². The molecule has 0 bridgehead atoms. The molecule has 3 rings (SSSR count). The first-order valence-corrected chi connectivity index (χ1v) is 8.68. The number of amides is 1. The lowest BCUT2D eigenvalue weighted by molar-refractivity contribution is -0.146. The highest BCUT2D eigenvalue weighted by Crippen LogP contribution is 2.39. The van der Waals surface area contributed by atoms with Gasteiger partial charge in [-0.1, -0.05) is 6.07 Å². The number of ether oxygens (including phenoxy) is 1. The molecule has 1 N–H and O–H groups in total. The van der Waals surface area contributed by atoms with E-state index in [1.54, 1.807) is 4.90 Å². The number of rotatable bonds is 3. The number of hydrogen-bond acceptors (Lipinski definition) is 4. The fraction of sp³-hybridized carbons (Fsp3) is 0.556. The lowest BCUT2D eigenvalue weighted by Crippen LogP contribution is -2.37. The van der Waals surface area contributed by atoms with Gasteiger partial charge in [-0.25, -0.2) is 4.39 Å². The number of carbonyl (C=O) groups is 2. The normalized spacial score (nSPS) is 24.0. The number of methoxy groups -OCH3 is 1. The van der Waals surface area contributed by atoms with Gasteiger partial charge < -0.3 is 15.0 Å². The molecule has 0 spiro atoms. The number of benzene rings is 1. The molecular formula is C18H20F4N2O3. The van der Waals surface area contributed by atoms with Crippen molar-refractivity contribution in [2.75, 3.05) is 31.6 Å². The van der Waals surface area contributed by atoms with Crippen LogP contribution in [0, 0.1) is 5.92 Å². The topological polar surface area (TPSA) is 58.6 Å². The van der Waals surface area contributed by atoms with Crippen LogP contribution in [0.3, 0.4) is 0 Å². The van der Waals surface area contributed by atoms with Crippen molar-refractivity contribution < 1.29 is 31.9 Å².